The number of hydrogen-bond donors (Lipinski definition) is 0. The van der Waals surface area contributed by atoms with Gasteiger partial charge in [0.1, 0.15) is 6.10 Å². The van der Waals surface area contributed by atoms with Gasteiger partial charge in [0.25, 0.3) is 5.91 Å². The average molecular weight is 349 g/mol. The van der Waals surface area contributed by atoms with Gasteiger partial charge >= 0.3 is 0 Å². The molecule has 0 aliphatic carbocycles. The molecule has 7 nitrogen and oxygen atoms in total. The van der Waals surface area contributed by atoms with E-state index in [0.717, 1.165) is 11.3 Å². The van der Waals surface area contributed by atoms with Gasteiger partial charge in [0.2, 0.25) is 0 Å². The Bertz CT molecular complexity index is 893. The van der Waals surface area contributed by atoms with Gasteiger partial charge in [-0.15, -0.1) is 0 Å². The van der Waals surface area contributed by atoms with Crippen molar-refractivity contribution in [2.45, 2.75) is 13.0 Å². The summed E-state index contributed by atoms with van der Waals surface area (Å²) in [6.07, 6.45) is 6.74. The van der Waals surface area contributed by atoms with Gasteiger partial charge in [0.05, 0.1) is 18.7 Å². The molecule has 3 aromatic heterocycles. The first-order valence-electron chi connectivity index (χ1n) is 8.50. The molecule has 132 valence electrons. The van der Waals surface area contributed by atoms with Crippen LogP contribution in [0, 0.1) is 6.92 Å². The Kier molecular flexibility index (Phi) is 4.45. The quantitative estimate of drug-likeness (QED) is 0.725. The van der Waals surface area contributed by atoms with Crippen molar-refractivity contribution in [3.63, 3.8) is 0 Å². The van der Waals surface area contributed by atoms with E-state index in [9.17, 15) is 4.79 Å². The monoisotopic (exact) mass is 349 g/mol. The molecule has 1 amide bonds. The van der Waals surface area contributed by atoms with Crippen LogP contribution in [-0.2, 0) is 4.74 Å². The van der Waals surface area contributed by atoms with Crippen molar-refractivity contribution in [3.8, 4) is 5.82 Å². The summed E-state index contributed by atoms with van der Waals surface area (Å²) in [5, 5.41) is 4.14. The van der Waals surface area contributed by atoms with E-state index in [1.54, 1.807) is 35.4 Å². The number of carbonyl (C=O) groups is 1. The second-order valence-corrected chi connectivity index (χ2v) is 6.20. The fourth-order valence-corrected chi connectivity index (χ4v) is 3.04. The van der Waals surface area contributed by atoms with Crippen LogP contribution >= 0.6 is 0 Å². The Morgan fingerprint density at radius 1 is 1.23 bits per heavy atom. The zero-order chi connectivity index (χ0) is 17.9. The molecule has 4 rings (SSSR count). The number of morpholine rings is 1. The summed E-state index contributed by atoms with van der Waals surface area (Å²) in [7, 11) is 0. The van der Waals surface area contributed by atoms with Crippen LogP contribution < -0.4 is 0 Å². The largest absolute Gasteiger partial charge is 0.370 e. The second kappa shape index (κ2) is 7.05. The fourth-order valence-electron chi connectivity index (χ4n) is 3.04. The number of aryl methyl sites for hydroxylation is 1. The Hall–Kier alpha value is -3.06. The van der Waals surface area contributed by atoms with Crippen molar-refractivity contribution < 1.29 is 9.53 Å². The lowest BCUT2D eigenvalue weighted by Gasteiger charge is -2.33. The van der Waals surface area contributed by atoms with Crippen molar-refractivity contribution in [2.24, 2.45) is 0 Å². The number of hydrogen-bond acceptors (Lipinski definition) is 5. The zero-order valence-corrected chi connectivity index (χ0v) is 14.4. The highest BCUT2D eigenvalue weighted by molar-refractivity contribution is 5.94. The third-order valence-electron chi connectivity index (χ3n) is 4.38. The number of pyridine rings is 2. The Balaban J connectivity index is 1.49. The van der Waals surface area contributed by atoms with E-state index < -0.39 is 0 Å². The molecule has 7 heteroatoms. The van der Waals surface area contributed by atoms with Gasteiger partial charge in [-0.25, -0.2) is 9.67 Å². The standard InChI is InChI=1S/C19H19N5O2/c1-14-11-15(5-7-20-14)17-13-23(9-10-26-17)19(25)16-3-4-18(21-12-16)24-8-2-6-22-24/h2-8,11-12,17H,9-10,13H2,1H3/t17-/m0/s1. The summed E-state index contributed by atoms with van der Waals surface area (Å²) in [5.74, 6) is 0.641. The number of amides is 1. The molecule has 0 radical (unpaired) electrons. The lowest BCUT2D eigenvalue weighted by Crippen LogP contribution is -2.42. The maximum Gasteiger partial charge on any atom is 0.255 e. The van der Waals surface area contributed by atoms with Gasteiger partial charge in [0, 0.05) is 37.0 Å². The predicted molar refractivity (Wildman–Crippen MR) is 94.9 cm³/mol. The molecule has 0 spiro atoms. The summed E-state index contributed by atoms with van der Waals surface area (Å²) >= 11 is 0. The first-order valence-corrected chi connectivity index (χ1v) is 8.50. The molecule has 0 unspecified atom stereocenters. The van der Waals surface area contributed by atoms with Crippen LogP contribution in [0.3, 0.4) is 0 Å². The first-order chi connectivity index (χ1) is 12.7. The Labute approximate surface area is 151 Å². The minimum atomic E-state index is -0.134. The van der Waals surface area contributed by atoms with Crippen LogP contribution in [0.4, 0.5) is 0 Å². The lowest BCUT2D eigenvalue weighted by atomic mass is 10.1. The zero-order valence-electron chi connectivity index (χ0n) is 14.4. The van der Waals surface area contributed by atoms with Crippen molar-refractivity contribution in [1.82, 2.24) is 24.6 Å². The van der Waals surface area contributed by atoms with Gasteiger partial charge in [-0.05, 0) is 42.8 Å². The number of carbonyl (C=O) groups excluding carboxylic acids is 1. The molecule has 3 aromatic rings. The summed E-state index contributed by atoms with van der Waals surface area (Å²) in [4.78, 5) is 23.2. The van der Waals surface area contributed by atoms with Crippen molar-refractivity contribution >= 4 is 5.91 Å². The maximum atomic E-state index is 12.8. The summed E-state index contributed by atoms with van der Waals surface area (Å²) in [6.45, 7) is 3.54. The van der Waals surface area contributed by atoms with E-state index in [2.05, 4.69) is 15.1 Å². The molecule has 1 atom stereocenters. The average Bonchev–Trinajstić information content (AvgIpc) is 3.22. The normalized spacial score (nSPS) is 17.3. The highest BCUT2D eigenvalue weighted by Gasteiger charge is 2.26. The van der Waals surface area contributed by atoms with Crippen LogP contribution in [0.1, 0.15) is 27.7 Å². The molecule has 0 N–H and O–H groups in total. The molecule has 0 bridgehead atoms. The summed E-state index contributed by atoms with van der Waals surface area (Å²) < 4.78 is 7.51. The van der Waals surface area contributed by atoms with Crippen molar-refractivity contribution in [2.75, 3.05) is 19.7 Å². The van der Waals surface area contributed by atoms with E-state index >= 15 is 0 Å². The molecular weight excluding hydrogens is 330 g/mol. The van der Waals surface area contributed by atoms with Crippen LogP contribution in [0.25, 0.3) is 5.82 Å². The number of rotatable bonds is 3. The van der Waals surface area contributed by atoms with Gasteiger partial charge in [-0.1, -0.05) is 0 Å². The van der Waals surface area contributed by atoms with Gasteiger partial charge in [-0.3, -0.25) is 9.78 Å². The predicted octanol–water partition coefficient (Wildman–Crippen LogP) is 2.18. The van der Waals surface area contributed by atoms with Crippen LogP contribution in [0.5, 0.6) is 0 Å². The molecular formula is C19H19N5O2. The van der Waals surface area contributed by atoms with E-state index in [4.69, 9.17) is 4.74 Å². The molecule has 26 heavy (non-hydrogen) atoms. The smallest absolute Gasteiger partial charge is 0.255 e. The number of nitrogens with zero attached hydrogens (tertiary/aromatic N) is 5. The number of aromatic nitrogens is 4. The van der Waals surface area contributed by atoms with E-state index in [0.29, 0.717) is 31.1 Å². The second-order valence-electron chi connectivity index (χ2n) is 6.20. The van der Waals surface area contributed by atoms with E-state index in [-0.39, 0.29) is 12.0 Å². The van der Waals surface area contributed by atoms with Crippen molar-refractivity contribution in [1.29, 1.82) is 0 Å². The van der Waals surface area contributed by atoms with Crippen molar-refractivity contribution in [3.05, 3.63) is 71.9 Å². The minimum Gasteiger partial charge on any atom is -0.370 e. The molecule has 1 aliphatic heterocycles. The molecule has 0 saturated carbocycles. The topological polar surface area (TPSA) is 73.1 Å². The maximum absolute atomic E-state index is 12.8. The first kappa shape index (κ1) is 16.4. The highest BCUT2D eigenvalue weighted by atomic mass is 16.5. The number of ether oxygens (including phenoxy) is 1. The van der Waals surface area contributed by atoms with Gasteiger partial charge < -0.3 is 9.64 Å². The van der Waals surface area contributed by atoms with Gasteiger partial charge in [0.15, 0.2) is 5.82 Å². The molecule has 1 saturated heterocycles. The van der Waals surface area contributed by atoms with Crippen LogP contribution in [0.15, 0.2) is 55.1 Å². The lowest BCUT2D eigenvalue weighted by molar-refractivity contribution is -0.0228. The molecule has 0 aromatic carbocycles. The molecule has 4 heterocycles. The minimum absolute atomic E-state index is 0.0383. The van der Waals surface area contributed by atoms with E-state index in [1.807, 2.05) is 36.2 Å². The van der Waals surface area contributed by atoms with Crippen LogP contribution in [-0.4, -0.2) is 50.3 Å². The summed E-state index contributed by atoms with van der Waals surface area (Å²) in [5.41, 5.74) is 2.54. The molecule has 1 fully saturated rings. The Morgan fingerprint density at radius 3 is 2.88 bits per heavy atom. The summed E-state index contributed by atoms with van der Waals surface area (Å²) in [6, 6.07) is 9.35. The SMILES string of the molecule is Cc1cc([C@@H]2CN(C(=O)c3ccc(-n4cccn4)nc3)CCO2)ccn1. The highest BCUT2D eigenvalue weighted by Crippen LogP contribution is 2.23. The third-order valence-corrected chi connectivity index (χ3v) is 4.38. The fraction of sp³-hybridized carbons (Fsp3) is 0.263. The molecule has 1 aliphatic rings. The van der Waals surface area contributed by atoms with E-state index in [1.165, 1.54) is 0 Å². The third kappa shape index (κ3) is 3.34. The van der Waals surface area contributed by atoms with Gasteiger partial charge in [-0.2, -0.15) is 5.10 Å². The Morgan fingerprint density at radius 2 is 2.15 bits per heavy atom. The van der Waals surface area contributed by atoms with Crippen LogP contribution in [0.2, 0.25) is 0 Å².